The molecule has 21 heavy (non-hydrogen) atoms. The van der Waals surface area contributed by atoms with Crippen LogP contribution in [0.4, 0.5) is 5.69 Å². The molecular weight excluding hydrogens is 332 g/mol. The molecule has 5 nitrogen and oxygen atoms in total. The first-order valence-corrected chi connectivity index (χ1v) is 7.31. The molecule has 0 amide bonds. The van der Waals surface area contributed by atoms with Crippen molar-refractivity contribution < 1.29 is 4.52 Å². The summed E-state index contributed by atoms with van der Waals surface area (Å²) in [4.78, 5) is 8.78. The second-order valence-electron chi connectivity index (χ2n) is 4.53. The SMILES string of the molecule is CCc1cccnc1-c1noc(-c2cc(N)ccc2Br)n1. The van der Waals surface area contributed by atoms with Crippen LogP contribution in [-0.2, 0) is 6.42 Å². The third-order valence-corrected chi connectivity index (χ3v) is 3.82. The van der Waals surface area contributed by atoms with Gasteiger partial charge in [0.2, 0.25) is 5.82 Å². The van der Waals surface area contributed by atoms with Crippen molar-refractivity contribution in [2.24, 2.45) is 0 Å². The van der Waals surface area contributed by atoms with Crippen LogP contribution in [0.1, 0.15) is 12.5 Å². The maximum atomic E-state index is 5.81. The minimum absolute atomic E-state index is 0.414. The topological polar surface area (TPSA) is 77.8 Å². The summed E-state index contributed by atoms with van der Waals surface area (Å²) in [6, 6.07) is 9.36. The number of nitrogens with zero attached hydrogens (tertiary/aromatic N) is 3. The highest BCUT2D eigenvalue weighted by Crippen LogP contribution is 2.30. The fraction of sp³-hybridized carbons (Fsp3) is 0.133. The van der Waals surface area contributed by atoms with Crippen LogP contribution in [0.5, 0.6) is 0 Å². The smallest absolute Gasteiger partial charge is 0.259 e. The summed E-state index contributed by atoms with van der Waals surface area (Å²) >= 11 is 3.46. The number of benzene rings is 1. The second kappa shape index (κ2) is 5.65. The van der Waals surface area contributed by atoms with Crippen LogP contribution in [0.3, 0.4) is 0 Å². The molecule has 0 aliphatic rings. The van der Waals surface area contributed by atoms with E-state index < -0.39 is 0 Å². The highest BCUT2D eigenvalue weighted by molar-refractivity contribution is 9.10. The van der Waals surface area contributed by atoms with Gasteiger partial charge in [0.15, 0.2) is 0 Å². The van der Waals surface area contributed by atoms with Gasteiger partial charge in [-0.05, 0) is 52.2 Å². The van der Waals surface area contributed by atoms with Gasteiger partial charge in [0, 0.05) is 16.4 Å². The molecule has 0 unspecified atom stereocenters. The first-order valence-electron chi connectivity index (χ1n) is 6.52. The van der Waals surface area contributed by atoms with Gasteiger partial charge in [-0.2, -0.15) is 4.98 Å². The first kappa shape index (κ1) is 13.8. The number of hydrogen-bond acceptors (Lipinski definition) is 5. The lowest BCUT2D eigenvalue weighted by Crippen LogP contribution is -1.92. The number of halogens is 1. The van der Waals surface area contributed by atoms with E-state index in [1.54, 1.807) is 18.3 Å². The highest BCUT2D eigenvalue weighted by Gasteiger charge is 2.16. The van der Waals surface area contributed by atoms with E-state index in [9.17, 15) is 0 Å². The van der Waals surface area contributed by atoms with Gasteiger partial charge in [0.1, 0.15) is 5.69 Å². The average molecular weight is 345 g/mol. The lowest BCUT2D eigenvalue weighted by Gasteiger charge is -2.01. The monoisotopic (exact) mass is 344 g/mol. The molecule has 0 saturated carbocycles. The molecule has 0 radical (unpaired) electrons. The molecule has 0 fully saturated rings. The molecule has 0 spiro atoms. The Morgan fingerprint density at radius 2 is 2.14 bits per heavy atom. The standard InChI is InChI=1S/C15H13BrN4O/c1-2-9-4-3-7-18-13(9)14-19-15(21-20-14)11-8-10(17)5-6-12(11)16/h3-8H,2,17H2,1H3. The van der Waals surface area contributed by atoms with Crippen LogP contribution in [0.25, 0.3) is 23.0 Å². The maximum Gasteiger partial charge on any atom is 0.259 e. The summed E-state index contributed by atoms with van der Waals surface area (Å²) in [5.41, 5.74) is 9.04. The van der Waals surface area contributed by atoms with Crippen LogP contribution in [0.15, 0.2) is 45.5 Å². The van der Waals surface area contributed by atoms with Gasteiger partial charge in [0.05, 0.1) is 5.56 Å². The van der Waals surface area contributed by atoms with Crippen molar-refractivity contribution in [1.82, 2.24) is 15.1 Å². The van der Waals surface area contributed by atoms with Crippen LogP contribution in [0, 0.1) is 0 Å². The number of nitrogens with two attached hydrogens (primary N) is 1. The Kier molecular flexibility index (Phi) is 3.70. The Morgan fingerprint density at radius 3 is 2.95 bits per heavy atom. The van der Waals surface area contributed by atoms with Gasteiger partial charge in [-0.3, -0.25) is 4.98 Å². The predicted molar refractivity (Wildman–Crippen MR) is 84.5 cm³/mol. The van der Waals surface area contributed by atoms with E-state index in [4.69, 9.17) is 10.3 Å². The number of hydrogen-bond donors (Lipinski definition) is 1. The van der Waals surface area contributed by atoms with E-state index in [-0.39, 0.29) is 0 Å². The Hall–Kier alpha value is -2.21. The summed E-state index contributed by atoms with van der Waals surface area (Å²) in [7, 11) is 0. The van der Waals surface area contributed by atoms with Crippen molar-refractivity contribution in [2.45, 2.75) is 13.3 Å². The van der Waals surface area contributed by atoms with E-state index >= 15 is 0 Å². The fourth-order valence-corrected chi connectivity index (χ4v) is 2.48. The summed E-state index contributed by atoms with van der Waals surface area (Å²) in [6.07, 6.45) is 2.58. The maximum absolute atomic E-state index is 5.81. The number of nitrogen functional groups attached to an aromatic ring is 1. The second-order valence-corrected chi connectivity index (χ2v) is 5.38. The number of pyridine rings is 1. The van der Waals surface area contributed by atoms with Crippen molar-refractivity contribution >= 4 is 21.6 Å². The van der Waals surface area contributed by atoms with Crippen LogP contribution in [0.2, 0.25) is 0 Å². The molecule has 3 rings (SSSR count). The van der Waals surface area contributed by atoms with Gasteiger partial charge >= 0.3 is 0 Å². The normalized spacial score (nSPS) is 10.8. The third kappa shape index (κ3) is 2.67. The molecule has 6 heteroatoms. The highest BCUT2D eigenvalue weighted by atomic mass is 79.9. The number of anilines is 1. The molecule has 3 aromatic rings. The molecule has 2 aromatic heterocycles. The average Bonchev–Trinajstić information content (AvgIpc) is 2.99. The Bertz CT molecular complexity index is 785. The van der Waals surface area contributed by atoms with Gasteiger partial charge in [-0.15, -0.1) is 0 Å². The molecule has 0 bridgehead atoms. The number of rotatable bonds is 3. The van der Waals surface area contributed by atoms with Crippen LogP contribution in [-0.4, -0.2) is 15.1 Å². The van der Waals surface area contributed by atoms with Crippen LogP contribution < -0.4 is 5.73 Å². The third-order valence-electron chi connectivity index (χ3n) is 3.13. The van der Waals surface area contributed by atoms with E-state index in [1.165, 1.54) is 0 Å². The number of aromatic nitrogens is 3. The quantitative estimate of drug-likeness (QED) is 0.732. The first-order chi connectivity index (χ1) is 10.2. The van der Waals surface area contributed by atoms with E-state index in [2.05, 4.69) is 38.0 Å². The minimum atomic E-state index is 0.414. The van der Waals surface area contributed by atoms with Gasteiger partial charge < -0.3 is 10.3 Å². The van der Waals surface area contributed by atoms with E-state index in [1.807, 2.05) is 18.2 Å². The molecule has 0 aliphatic heterocycles. The van der Waals surface area contributed by atoms with Gasteiger partial charge in [-0.25, -0.2) is 0 Å². The van der Waals surface area contributed by atoms with E-state index in [0.717, 1.165) is 27.7 Å². The largest absolute Gasteiger partial charge is 0.399 e. The fourth-order valence-electron chi connectivity index (χ4n) is 2.06. The molecular formula is C15H13BrN4O. The number of aryl methyl sites for hydroxylation is 1. The zero-order chi connectivity index (χ0) is 14.8. The molecule has 2 heterocycles. The Balaban J connectivity index is 2.06. The van der Waals surface area contributed by atoms with Crippen molar-refractivity contribution in [3.05, 3.63) is 46.6 Å². The van der Waals surface area contributed by atoms with Crippen LogP contribution >= 0.6 is 15.9 Å². The zero-order valence-corrected chi connectivity index (χ0v) is 13.0. The van der Waals surface area contributed by atoms with Gasteiger partial charge in [0.25, 0.3) is 5.89 Å². The molecule has 1 aromatic carbocycles. The summed E-state index contributed by atoms with van der Waals surface area (Å²) < 4.78 is 6.20. The lowest BCUT2D eigenvalue weighted by atomic mass is 10.1. The Labute approximate surface area is 130 Å². The van der Waals surface area contributed by atoms with Crippen molar-refractivity contribution in [2.75, 3.05) is 5.73 Å². The summed E-state index contributed by atoms with van der Waals surface area (Å²) in [5, 5.41) is 4.03. The van der Waals surface area contributed by atoms with Gasteiger partial charge in [-0.1, -0.05) is 18.1 Å². The predicted octanol–water partition coefficient (Wildman–Crippen LogP) is 3.71. The van der Waals surface area contributed by atoms with Crippen molar-refractivity contribution in [1.29, 1.82) is 0 Å². The van der Waals surface area contributed by atoms with E-state index in [0.29, 0.717) is 17.4 Å². The van der Waals surface area contributed by atoms with Crippen molar-refractivity contribution in [3.63, 3.8) is 0 Å². The van der Waals surface area contributed by atoms with Crippen molar-refractivity contribution in [3.8, 4) is 23.0 Å². The minimum Gasteiger partial charge on any atom is -0.399 e. The molecule has 0 aliphatic carbocycles. The summed E-state index contributed by atoms with van der Waals surface area (Å²) in [5.74, 6) is 0.897. The molecule has 106 valence electrons. The zero-order valence-electron chi connectivity index (χ0n) is 11.4. The Morgan fingerprint density at radius 1 is 1.29 bits per heavy atom. The molecule has 0 atom stereocenters. The summed E-state index contributed by atoms with van der Waals surface area (Å²) in [6.45, 7) is 2.07. The molecule has 0 saturated heterocycles. The molecule has 2 N–H and O–H groups in total. The lowest BCUT2D eigenvalue weighted by molar-refractivity contribution is 0.432.